The minimum atomic E-state index is -0.526. The van der Waals surface area contributed by atoms with Gasteiger partial charge < -0.3 is 19.7 Å². The van der Waals surface area contributed by atoms with E-state index in [4.69, 9.17) is 9.47 Å². The second kappa shape index (κ2) is 10.2. The largest absolute Gasteiger partial charge is 0.493 e. The van der Waals surface area contributed by atoms with Crippen molar-refractivity contribution in [2.24, 2.45) is 5.92 Å². The molecule has 1 saturated heterocycles. The molecule has 0 spiro atoms. The first-order valence-electron chi connectivity index (χ1n) is 11.2. The molecule has 9 heteroatoms. The molecule has 2 atom stereocenters. The van der Waals surface area contributed by atoms with Gasteiger partial charge in [-0.25, -0.2) is 0 Å². The van der Waals surface area contributed by atoms with Gasteiger partial charge in [0.05, 0.1) is 26.2 Å². The maximum atomic E-state index is 13.5. The van der Waals surface area contributed by atoms with Gasteiger partial charge in [-0.15, -0.1) is 10.2 Å². The lowest BCUT2D eigenvalue weighted by molar-refractivity contribution is -0.125. The standard InChI is InChI=1S/C25H28N4O4S/c1-5-21-27-28-25(34-21)26-24(31)18-11-13-22(30)29(17-9-6-15(2)7-10-17)23(18)16-8-12-19(32-3)20(14-16)33-4/h6-10,12,14,18,23H,5,11,13H2,1-4H3,(H,26,28,31). The Morgan fingerprint density at radius 3 is 2.50 bits per heavy atom. The lowest BCUT2D eigenvalue weighted by atomic mass is 9.83. The number of aromatic nitrogens is 2. The fourth-order valence-corrected chi connectivity index (χ4v) is 4.92. The normalized spacial score (nSPS) is 18.0. The van der Waals surface area contributed by atoms with Crippen LogP contribution in [-0.2, 0) is 16.0 Å². The molecule has 1 fully saturated rings. The number of amides is 2. The molecule has 0 saturated carbocycles. The number of benzene rings is 2. The average Bonchev–Trinajstić information content (AvgIpc) is 3.31. The van der Waals surface area contributed by atoms with Crippen LogP contribution in [0.25, 0.3) is 0 Å². The number of methoxy groups -OCH3 is 2. The van der Waals surface area contributed by atoms with Crippen LogP contribution in [0.4, 0.5) is 10.8 Å². The van der Waals surface area contributed by atoms with Crippen molar-refractivity contribution in [3.05, 3.63) is 58.6 Å². The number of anilines is 2. The molecule has 0 aliphatic carbocycles. The smallest absolute Gasteiger partial charge is 0.231 e. The zero-order chi connectivity index (χ0) is 24.2. The van der Waals surface area contributed by atoms with E-state index in [1.807, 2.05) is 50.2 Å². The zero-order valence-electron chi connectivity index (χ0n) is 19.7. The molecule has 1 N–H and O–H groups in total. The van der Waals surface area contributed by atoms with Crippen LogP contribution in [0.2, 0.25) is 0 Å². The van der Waals surface area contributed by atoms with Crippen molar-refractivity contribution < 1.29 is 19.1 Å². The lowest BCUT2D eigenvalue weighted by Crippen LogP contribution is -2.47. The lowest BCUT2D eigenvalue weighted by Gasteiger charge is -2.41. The number of rotatable bonds is 7. The minimum Gasteiger partial charge on any atom is -0.493 e. The second-order valence-corrected chi connectivity index (χ2v) is 9.21. The SMILES string of the molecule is CCc1nnc(NC(=O)C2CCC(=O)N(c3ccc(C)cc3)C2c2ccc(OC)c(OC)c2)s1. The van der Waals surface area contributed by atoms with E-state index < -0.39 is 12.0 Å². The third-order valence-corrected chi connectivity index (χ3v) is 6.98. The summed E-state index contributed by atoms with van der Waals surface area (Å²) < 4.78 is 10.9. The maximum Gasteiger partial charge on any atom is 0.231 e. The summed E-state index contributed by atoms with van der Waals surface area (Å²) in [5.41, 5.74) is 2.63. The molecule has 34 heavy (non-hydrogen) atoms. The highest BCUT2D eigenvalue weighted by molar-refractivity contribution is 7.15. The molecule has 3 aromatic rings. The Hall–Kier alpha value is -3.46. The summed E-state index contributed by atoms with van der Waals surface area (Å²) in [4.78, 5) is 28.5. The van der Waals surface area contributed by atoms with Crippen LogP contribution in [0, 0.1) is 12.8 Å². The summed E-state index contributed by atoms with van der Waals surface area (Å²) in [6.45, 7) is 3.99. The predicted octanol–water partition coefficient (Wildman–Crippen LogP) is 4.55. The molecule has 2 amide bonds. The molecule has 2 unspecified atom stereocenters. The van der Waals surface area contributed by atoms with Gasteiger partial charge in [-0.05, 0) is 49.6 Å². The van der Waals surface area contributed by atoms with E-state index in [-0.39, 0.29) is 18.2 Å². The van der Waals surface area contributed by atoms with Crippen LogP contribution in [0.5, 0.6) is 11.5 Å². The van der Waals surface area contributed by atoms with E-state index in [9.17, 15) is 9.59 Å². The molecule has 1 aromatic heterocycles. The first-order chi connectivity index (χ1) is 16.4. The number of carbonyl (C=O) groups is 2. The van der Waals surface area contributed by atoms with Crippen LogP contribution >= 0.6 is 11.3 Å². The number of carbonyl (C=O) groups excluding carboxylic acids is 2. The van der Waals surface area contributed by atoms with Gasteiger partial charge in [0, 0.05) is 12.1 Å². The van der Waals surface area contributed by atoms with Crippen molar-refractivity contribution in [3.63, 3.8) is 0 Å². The van der Waals surface area contributed by atoms with Crippen molar-refractivity contribution in [2.45, 2.75) is 39.2 Å². The average molecular weight is 481 g/mol. The van der Waals surface area contributed by atoms with Crippen molar-refractivity contribution in [2.75, 3.05) is 24.4 Å². The molecule has 178 valence electrons. The Labute approximate surface area is 202 Å². The molecule has 4 rings (SSSR count). The predicted molar refractivity (Wildman–Crippen MR) is 132 cm³/mol. The van der Waals surface area contributed by atoms with E-state index in [0.717, 1.165) is 28.2 Å². The summed E-state index contributed by atoms with van der Waals surface area (Å²) in [6, 6.07) is 12.8. The first-order valence-corrected chi connectivity index (χ1v) is 12.0. The second-order valence-electron chi connectivity index (χ2n) is 8.15. The Balaban J connectivity index is 1.76. The van der Waals surface area contributed by atoms with Gasteiger partial charge in [0.15, 0.2) is 11.5 Å². The summed E-state index contributed by atoms with van der Waals surface area (Å²) in [7, 11) is 3.14. The fraction of sp³-hybridized carbons (Fsp3) is 0.360. The number of hydrogen-bond acceptors (Lipinski definition) is 7. The molecular formula is C25H28N4O4S. The number of nitrogens with one attached hydrogen (secondary N) is 1. The quantitative estimate of drug-likeness (QED) is 0.533. The van der Waals surface area contributed by atoms with E-state index in [0.29, 0.717) is 23.1 Å². The van der Waals surface area contributed by atoms with Crippen LogP contribution < -0.4 is 19.7 Å². The van der Waals surface area contributed by atoms with E-state index in [1.165, 1.54) is 11.3 Å². The summed E-state index contributed by atoms with van der Waals surface area (Å²) in [6.07, 6.45) is 1.44. The Kier molecular flexibility index (Phi) is 7.12. The van der Waals surface area contributed by atoms with Gasteiger partial charge in [-0.2, -0.15) is 0 Å². The van der Waals surface area contributed by atoms with Crippen LogP contribution in [0.15, 0.2) is 42.5 Å². The van der Waals surface area contributed by atoms with Gasteiger partial charge in [0.1, 0.15) is 5.01 Å². The Morgan fingerprint density at radius 1 is 1.12 bits per heavy atom. The monoisotopic (exact) mass is 480 g/mol. The maximum absolute atomic E-state index is 13.5. The van der Waals surface area contributed by atoms with Gasteiger partial charge in [-0.1, -0.05) is 42.0 Å². The van der Waals surface area contributed by atoms with Crippen molar-refractivity contribution >= 4 is 34.0 Å². The zero-order valence-corrected chi connectivity index (χ0v) is 20.5. The van der Waals surface area contributed by atoms with Crippen LogP contribution in [0.1, 0.15) is 41.9 Å². The van der Waals surface area contributed by atoms with Crippen LogP contribution in [-0.4, -0.2) is 36.2 Å². The van der Waals surface area contributed by atoms with Crippen LogP contribution in [0.3, 0.4) is 0 Å². The number of ether oxygens (including phenoxy) is 2. The van der Waals surface area contributed by atoms with Crippen molar-refractivity contribution in [3.8, 4) is 11.5 Å². The number of piperidine rings is 1. The number of nitrogens with zero attached hydrogens (tertiary/aromatic N) is 3. The van der Waals surface area contributed by atoms with Crippen molar-refractivity contribution in [1.29, 1.82) is 0 Å². The van der Waals surface area contributed by atoms with E-state index in [1.54, 1.807) is 25.2 Å². The number of hydrogen-bond donors (Lipinski definition) is 1. The highest BCUT2D eigenvalue weighted by Gasteiger charge is 2.42. The topological polar surface area (TPSA) is 93.7 Å². The van der Waals surface area contributed by atoms with Crippen molar-refractivity contribution in [1.82, 2.24) is 10.2 Å². The molecule has 0 bridgehead atoms. The first kappa shape index (κ1) is 23.7. The molecule has 0 radical (unpaired) electrons. The minimum absolute atomic E-state index is 0.0307. The third-order valence-electron chi connectivity index (χ3n) is 5.99. The molecule has 2 aromatic carbocycles. The van der Waals surface area contributed by atoms with E-state index >= 15 is 0 Å². The molecule has 1 aliphatic rings. The van der Waals surface area contributed by atoms with Gasteiger partial charge in [0.25, 0.3) is 0 Å². The van der Waals surface area contributed by atoms with Gasteiger partial charge >= 0.3 is 0 Å². The number of aryl methyl sites for hydroxylation is 2. The molecule has 2 heterocycles. The Morgan fingerprint density at radius 2 is 1.85 bits per heavy atom. The fourth-order valence-electron chi connectivity index (χ4n) is 4.24. The summed E-state index contributed by atoms with van der Waals surface area (Å²) in [5.74, 6) is 0.404. The van der Waals surface area contributed by atoms with Gasteiger partial charge in [-0.3, -0.25) is 9.59 Å². The third kappa shape index (κ3) is 4.75. The highest BCUT2D eigenvalue weighted by atomic mass is 32.1. The summed E-state index contributed by atoms with van der Waals surface area (Å²) in [5, 5.41) is 12.4. The molecule has 1 aliphatic heterocycles. The molecular weight excluding hydrogens is 452 g/mol. The summed E-state index contributed by atoms with van der Waals surface area (Å²) >= 11 is 1.36. The molecule has 8 nitrogen and oxygen atoms in total. The van der Waals surface area contributed by atoms with E-state index in [2.05, 4.69) is 15.5 Å². The van der Waals surface area contributed by atoms with Gasteiger partial charge in [0.2, 0.25) is 16.9 Å². The highest BCUT2D eigenvalue weighted by Crippen LogP contribution is 2.43. The Bertz CT molecular complexity index is 1180.